The van der Waals surface area contributed by atoms with Crippen molar-refractivity contribution in [2.45, 2.75) is 26.1 Å². The third-order valence-electron chi connectivity index (χ3n) is 3.25. The first-order valence-electron chi connectivity index (χ1n) is 5.91. The van der Waals surface area contributed by atoms with Crippen molar-refractivity contribution < 1.29 is 22.7 Å². The van der Waals surface area contributed by atoms with Crippen LogP contribution in [-0.2, 0) is 10.9 Å². The van der Waals surface area contributed by atoms with E-state index in [0.717, 1.165) is 12.1 Å². The summed E-state index contributed by atoms with van der Waals surface area (Å²) in [6.07, 6.45) is -5.05. The first kappa shape index (κ1) is 15.2. The maximum Gasteiger partial charge on any atom is 0.416 e. The van der Waals surface area contributed by atoms with Crippen LogP contribution in [0.2, 0.25) is 0 Å². The quantitative estimate of drug-likeness (QED) is 0.820. The molecule has 110 valence electrons. The molecule has 0 spiro atoms. The zero-order valence-corrected chi connectivity index (χ0v) is 12.4. The van der Waals surface area contributed by atoms with E-state index in [0.29, 0.717) is 10.0 Å². The summed E-state index contributed by atoms with van der Waals surface area (Å²) in [6.45, 7) is 3.79. The van der Waals surface area contributed by atoms with Gasteiger partial charge in [-0.15, -0.1) is 0 Å². The fourth-order valence-corrected chi connectivity index (χ4v) is 2.61. The SMILES string of the molecule is CC1(C)COC(=O)N[C@@H]1c1cc(C(F)(F)F)ccc1Br. The molecule has 0 aliphatic carbocycles. The molecule has 1 aliphatic rings. The second kappa shape index (κ2) is 4.95. The van der Waals surface area contributed by atoms with Crippen molar-refractivity contribution in [1.82, 2.24) is 5.32 Å². The Morgan fingerprint density at radius 2 is 2.05 bits per heavy atom. The summed E-state index contributed by atoms with van der Waals surface area (Å²) in [5.41, 5.74) is -0.866. The molecule has 1 heterocycles. The van der Waals surface area contributed by atoms with Crippen molar-refractivity contribution in [3.63, 3.8) is 0 Å². The number of cyclic esters (lactones) is 1. The minimum absolute atomic E-state index is 0.145. The highest BCUT2D eigenvalue weighted by atomic mass is 79.9. The van der Waals surface area contributed by atoms with Crippen LogP contribution in [0.15, 0.2) is 22.7 Å². The lowest BCUT2D eigenvalue weighted by Crippen LogP contribution is -2.47. The molecular weight excluding hydrogens is 339 g/mol. The van der Waals surface area contributed by atoms with Crippen LogP contribution in [0.3, 0.4) is 0 Å². The molecule has 1 saturated heterocycles. The van der Waals surface area contributed by atoms with Gasteiger partial charge in [0, 0.05) is 9.89 Å². The van der Waals surface area contributed by atoms with Gasteiger partial charge in [0.2, 0.25) is 0 Å². The van der Waals surface area contributed by atoms with Crippen LogP contribution in [0.5, 0.6) is 0 Å². The largest absolute Gasteiger partial charge is 0.449 e. The van der Waals surface area contributed by atoms with Crippen LogP contribution in [-0.4, -0.2) is 12.7 Å². The predicted molar refractivity (Wildman–Crippen MR) is 70.1 cm³/mol. The van der Waals surface area contributed by atoms with Gasteiger partial charge in [-0.05, 0) is 23.8 Å². The minimum Gasteiger partial charge on any atom is -0.449 e. The van der Waals surface area contributed by atoms with Gasteiger partial charge in [-0.2, -0.15) is 13.2 Å². The van der Waals surface area contributed by atoms with Gasteiger partial charge in [-0.25, -0.2) is 4.79 Å². The van der Waals surface area contributed by atoms with Gasteiger partial charge in [-0.1, -0.05) is 29.8 Å². The Hall–Kier alpha value is -1.24. The Balaban J connectivity index is 2.47. The number of amides is 1. The molecule has 1 N–H and O–H groups in total. The first-order chi connectivity index (χ1) is 9.11. The molecule has 1 amide bonds. The standard InChI is InChI=1S/C13H13BrF3NO2/c1-12(2)6-20-11(19)18-10(12)8-5-7(13(15,16)17)3-4-9(8)14/h3-5,10H,6H2,1-2H3,(H,18,19)/t10-/m1/s1. The summed E-state index contributed by atoms with van der Waals surface area (Å²) in [5.74, 6) is 0. The number of ether oxygens (including phenoxy) is 1. The lowest BCUT2D eigenvalue weighted by atomic mass is 9.80. The molecule has 3 nitrogen and oxygen atoms in total. The Morgan fingerprint density at radius 3 is 2.65 bits per heavy atom. The van der Waals surface area contributed by atoms with Crippen molar-refractivity contribution >= 4 is 22.0 Å². The van der Waals surface area contributed by atoms with Gasteiger partial charge in [0.1, 0.15) is 6.61 Å². The molecule has 20 heavy (non-hydrogen) atoms. The van der Waals surface area contributed by atoms with E-state index in [1.165, 1.54) is 6.07 Å². The highest BCUT2D eigenvalue weighted by Gasteiger charge is 2.40. The van der Waals surface area contributed by atoms with Crippen LogP contribution < -0.4 is 5.32 Å². The van der Waals surface area contributed by atoms with Crippen molar-refractivity contribution in [2.24, 2.45) is 5.41 Å². The highest BCUT2D eigenvalue weighted by Crippen LogP contribution is 2.41. The van der Waals surface area contributed by atoms with E-state index in [1.54, 1.807) is 0 Å². The fourth-order valence-electron chi connectivity index (χ4n) is 2.13. The highest BCUT2D eigenvalue weighted by molar-refractivity contribution is 9.10. The summed E-state index contributed by atoms with van der Waals surface area (Å²) in [6, 6.07) is 2.85. The van der Waals surface area contributed by atoms with Crippen LogP contribution in [0.4, 0.5) is 18.0 Å². The minimum atomic E-state index is -4.42. The summed E-state index contributed by atoms with van der Waals surface area (Å²) < 4.78 is 43.8. The number of carbonyl (C=O) groups is 1. The summed E-state index contributed by atoms with van der Waals surface area (Å²) in [4.78, 5) is 11.4. The van der Waals surface area contributed by atoms with Crippen molar-refractivity contribution in [3.05, 3.63) is 33.8 Å². The molecule has 1 atom stereocenters. The number of hydrogen-bond donors (Lipinski definition) is 1. The number of hydrogen-bond acceptors (Lipinski definition) is 2. The van der Waals surface area contributed by atoms with Crippen molar-refractivity contribution in [1.29, 1.82) is 0 Å². The van der Waals surface area contributed by atoms with E-state index in [-0.39, 0.29) is 6.61 Å². The normalized spacial score (nSPS) is 22.1. The van der Waals surface area contributed by atoms with E-state index in [1.807, 2.05) is 13.8 Å². The average molecular weight is 352 g/mol. The summed E-state index contributed by atoms with van der Waals surface area (Å²) >= 11 is 3.24. The number of benzene rings is 1. The maximum absolute atomic E-state index is 12.8. The van der Waals surface area contributed by atoms with Gasteiger partial charge >= 0.3 is 12.3 Å². The molecule has 2 rings (SSSR count). The topological polar surface area (TPSA) is 38.3 Å². The van der Waals surface area contributed by atoms with Gasteiger partial charge in [0.25, 0.3) is 0 Å². The third kappa shape index (κ3) is 2.92. The Labute approximate surface area is 122 Å². The number of halogens is 4. The second-order valence-corrected chi connectivity index (χ2v) is 6.23. The Bertz CT molecular complexity index is 543. The number of rotatable bonds is 1. The number of carbonyl (C=O) groups excluding carboxylic acids is 1. The molecule has 7 heteroatoms. The molecule has 1 aromatic rings. The zero-order valence-electron chi connectivity index (χ0n) is 10.8. The lowest BCUT2D eigenvalue weighted by Gasteiger charge is -2.39. The first-order valence-corrected chi connectivity index (χ1v) is 6.70. The molecular formula is C13H13BrF3NO2. The molecule has 0 radical (unpaired) electrons. The van der Waals surface area contributed by atoms with Gasteiger partial charge < -0.3 is 10.1 Å². The van der Waals surface area contributed by atoms with E-state index in [2.05, 4.69) is 21.2 Å². The molecule has 0 bridgehead atoms. The van der Waals surface area contributed by atoms with Gasteiger partial charge in [-0.3, -0.25) is 0 Å². The van der Waals surface area contributed by atoms with Crippen LogP contribution in [0.25, 0.3) is 0 Å². The van der Waals surface area contributed by atoms with Gasteiger partial charge in [0.05, 0.1) is 11.6 Å². The van der Waals surface area contributed by atoms with Crippen molar-refractivity contribution in [3.8, 4) is 0 Å². The fraction of sp³-hybridized carbons (Fsp3) is 0.462. The molecule has 0 aromatic heterocycles. The maximum atomic E-state index is 12.8. The zero-order chi connectivity index (χ0) is 15.1. The van der Waals surface area contributed by atoms with E-state index >= 15 is 0 Å². The summed E-state index contributed by atoms with van der Waals surface area (Å²) in [5, 5.41) is 2.58. The molecule has 0 unspecified atom stereocenters. The average Bonchev–Trinajstić information content (AvgIpc) is 2.32. The smallest absolute Gasteiger partial charge is 0.416 e. The molecule has 1 fully saturated rings. The Kier molecular flexibility index (Phi) is 3.75. The summed E-state index contributed by atoms with van der Waals surface area (Å²) in [7, 11) is 0. The number of alkyl halides is 3. The van der Waals surface area contributed by atoms with Crippen molar-refractivity contribution in [2.75, 3.05) is 6.61 Å². The number of alkyl carbamates (subject to hydrolysis) is 1. The van der Waals surface area contributed by atoms with E-state index in [9.17, 15) is 18.0 Å². The van der Waals surface area contributed by atoms with Crippen LogP contribution in [0, 0.1) is 5.41 Å². The third-order valence-corrected chi connectivity index (χ3v) is 3.98. The second-order valence-electron chi connectivity index (χ2n) is 5.38. The van der Waals surface area contributed by atoms with Crippen LogP contribution >= 0.6 is 15.9 Å². The molecule has 1 aliphatic heterocycles. The monoisotopic (exact) mass is 351 g/mol. The Morgan fingerprint density at radius 1 is 1.40 bits per heavy atom. The number of nitrogens with one attached hydrogen (secondary N) is 1. The van der Waals surface area contributed by atoms with Gasteiger partial charge in [0.15, 0.2) is 0 Å². The van der Waals surface area contributed by atoms with E-state index < -0.39 is 29.3 Å². The predicted octanol–water partition coefficient (Wildman–Crippen LogP) is 4.28. The lowest BCUT2D eigenvalue weighted by molar-refractivity contribution is -0.137. The molecule has 0 saturated carbocycles. The molecule has 1 aromatic carbocycles. The van der Waals surface area contributed by atoms with Crippen LogP contribution in [0.1, 0.15) is 31.0 Å². The van der Waals surface area contributed by atoms with E-state index in [4.69, 9.17) is 4.74 Å².